The smallest absolute Gasteiger partial charge is 0.307 e. The summed E-state index contributed by atoms with van der Waals surface area (Å²) >= 11 is 0. The zero-order chi connectivity index (χ0) is 13.3. The summed E-state index contributed by atoms with van der Waals surface area (Å²) in [6.45, 7) is 1.61. The van der Waals surface area contributed by atoms with Gasteiger partial charge in [0.05, 0.1) is 17.9 Å². The molecule has 3 N–H and O–H groups in total. The van der Waals surface area contributed by atoms with E-state index in [1.165, 1.54) is 0 Å². The molecule has 0 bridgehead atoms. The van der Waals surface area contributed by atoms with Gasteiger partial charge in [0.15, 0.2) is 0 Å². The Kier molecular flexibility index (Phi) is 3.34. The number of carbonyl (C=O) groups is 2. The lowest BCUT2D eigenvalue weighted by molar-refractivity contribution is -0.139. The topological polar surface area (TPSA) is 86.6 Å². The Bertz CT molecular complexity index is 484. The standard InChI is InChI=1S/C13H15NO4/c1-7(15)8-4-2-3-5-11(8)14-12(16)9-6-10(9)13(17)18/h2-5,7,9-10,15H,6H2,1H3,(H,14,16)(H,17,18). The molecule has 0 aromatic heterocycles. The van der Waals surface area contributed by atoms with Crippen molar-refractivity contribution in [3.05, 3.63) is 29.8 Å². The summed E-state index contributed by atoms with van der Waals surface area (Å²) in [4.78, 5) is 22.5. The third-order valence-corrected chi connectivity index (χ3v) is 3.11. The van der Waals surface area contributed by atoms with Crippen molar-refractivity contribution < 1.29 is 19.8 Å². The molecule has 1 fully saturated rings. The molecular formula is C13H15NO4. The predicted molar refractivity (Wildman–Crippen MR) is 64.9 cm³/mol. The van der Waals surface area contributed by atoms with E-state index in [9.17, 15) is 14.7 Å². The number of carboxylic acid groups (broad SMARTS) is 1. The maximum absolute atomic E-state index is 11.8. The molecule has 96 valence electrons. The van der Waals surface area contributed by atoms with Crippen LogP contribution in [0.15, 0.2) is 24.3 Å². The second kappa shape index (κ2) is 4.78. The van der Waals surface area contributed by atoms with Gasteiger partial charge in [-0.3, -0.25) is 9.59 Å². The van der Waals surface area contributed by atoms with Gasteiger partial charge in [-0.1, -0.05) is 18.2 Å². The molecule has 0 spiro atoms. The number of para-hydroxylation sites is 1. The van der Waals surface area contributed by atoms with Gasteiger partial charge in [0.1, 0.15) is 0 Å². The Morgan fingerprint density at radius 1 is 1.33 bits per heavy atom. The van der Waals surface area contributed by atoms with Crippen molar-refractivity contribution >= 4 is 17.6 Å². The van der Waals surface area contributed by atoms with Crippen molar-refractivity contribution in [3.63, 3.8) is 0 Å². The second-order valence-electron chi connectivity index (χ2n) is 4.54. The molecule has 18 heavy (non-hydrogen) atoms. The van der Waals surface area contributed by atoms with Crippen LogP contribution in [0.4, 0.5) is 5.69 Å². The predicted octanol–water partition coefficient (Wildman–Crippen LogP) is 1.40. The van der Waals surface area contributed by atoms with E-state index in [2.05, 4.69) is 5.32 Å². The van der Waals surface area contributed by atoms with Crippen molar-refractivity contribution in [1.29, 1.82) is 0 Å². The molecule has 1 aliphatic carbocycles. The van der Waals surface area contributed by atoms with Crippen LogP contribution in [-0.4, -0.2) is 22.1 Å². The average Bonchev–Trinajstić information content (AvgIpc) is 3.09. The number of aliphatic hydroxyl groups is 1. The highest BCUT2D eigenvalue weighted by Gasteiger charge is 2.48. The number of rotatable bonds is 4. The van der Waals surface area contributed by atoms with Crippen LogP contribution in [0.3, 0.4) is 0 Å². The van der Waals surface area contributed by atoms with E-state index in [4.69, 9.17) is 5.11 Å². The highest BCUT2D eigenvalue weighted by Crippen LogP contribution is 2.39. The second-order valence-corrected chi connectivity index (χ2v) is 4.54. The van der Waals surface area contributed by atoms with Gasteiger partial charge in [-0.15, -0.1) is 0 Å². The zero-order valence-corrected chi connectivity index (χ0v) is 9.96. The Morgan fingerprint density at radius 3 is 2.56 bits per heavy atom. The lowest BCUT2D eigenvalue weighted by Gasteiger charge is -2.12. The molecule has 0 aliphatic heterocycles. The molecule has 1 aromatic carbocycles. The number of aliphatic carboxylic acids is 1. The molecule has 0 saturated heterocycles. The number of carboxylic acids is 1. The fourth-order valence-electron chi connectivity index (χ4n) is 1.96. The van der Waals surface area contributed by atoms with E-state index in [1.54, 1.807) is 31.2 Å². The lowest BCUT2D eigenvalue weighted by atomic mass is 10.1. The Balaban J connectivity index is 2.06. The number of amides is 1. The molecule has 5 nitrogen and oxygen atoms in total. The molecule has 1 amide bonds. The number of hydrogen-bond donors (Lipinski definition) is 3. The number of nitrogens with one attached hydrogen (secondary N) is 1. The van der Waals surface area contributed by atoms with E-state index >= 15 is 0 Å². The van der Waals surface area contributed by atoms with Crippen molar-refractivity contribution in [2.45, 2.75) is 19.4 Å². The summed E-state index contributed by atoms with van der Waals surface area (Å²) in [7, 11) is 0. The van der Waals surface area contributed by atoms with Gasteiger partial charge in [-0.2, -0.15) is 0 Å². The van der Waals surface area contributed by atoms with Gasteiger partial charge in [0, 0.05) is 11.3 Å². The Morgan fingerprint density at radius 2 is 2.00 bits per heavy atom. The lowest BCUT2D eigenvalue weighted by Crippen LogP contribution is -2.18. The van der Waals surface area contributed by atoms with Gasteiger partial charge in [0.2, 0.25) is 5.91 Å². The summed E-state index contributed by atoms with van der Waals surface area (Å²) < 4.78 is 0. The Labute approximate surface area is 104 Å². The fraction of sp³-hybridized carbons (Fsp3) is 0.385. The number of anilines is 1. The maximum Gasteiger partial charge on any atom is 0.307 e. The normalized spacial score (nSPS) is 23.2. The number of benzene rings is 1. The number of hydrogen-bond acceptors (Lipinski definition) is 3. The van der Waals surface area contributed by atoms with E-state index in [0.29, 0.717) is 17.7 Å². The molecular weight excluding hydrogens is 234 g/mol. The van der Waals surface area contributed by atoms with Crippen LogP contribution in [0.25, 0.3) is 0 Å². The van der Waals surface area contributed by atoms with E-state index in [1.807, 2.05) is 0 Å². The average molecular weight is 249 g/mol. The number of carbonyl (C=O) groups excluding carboxylic acids is 1. The molecule has 1 aromatic rings. The quantitative estimate of drug-likeness (QED) is 0.752. The minimum absolute atomic E-state index is 0.296. The van der Waals surface area contributed by atoms with Crippen LogP contribution in [-0.2, 0) is 9.59 Å². The first-order valence-electron chi connectivity index (χ1n) is 5.81. The first kappa shape index (κ1) is 12.6. The SMILES string of the molecule is CC(O)c1ccccc1NC(=O)C1CC1C(=O)O. The molecule has 0 heterocycles. The molecule has 1 saturated carbocycles. The van der Waals surface area contributed by atoms with Crippen molar-refractivity contribution in [1.82, 2.24) is 0 Å². The van der Waals surface area contributed by atoms with Crippen LogP contribution >= 0.6 is 0 Å². The van der Waals surface area contributed by atoms with Gasteiger partial charge in [-0.25, -0.2) is 0 Å². The maximum atomic E-state index is 11.8. The van der Waals surface area contributed by atoms with Gasteiger partial charge < -0.3 is 15.5 Å². The van der Waals surface area contributed by atoms with E-state index < -0.39 is 23.9 Å². The van der Waals surface area contributed by atoms with Gasteiger partial charge in [-0.05, 0) is 19.4 Å². The summed E-state index contributed by atoms with van der Waals surface area (Å²) in [6.07, 6.45) is -0.297. The largest absolute Gasteiger partial charge is 0.481 e. The highest BCUT2D eigenvalue weighted by molar-refractivity contribution is 5.98. The summed E-state index contributed by atoms with van der Waals surface area (Å²) in [5.74, 6) is -2.25. The van der Waals surface area contributed by atoms with Crippen LogP contribution in [0.1, 0.15) is 25.0 Å². The number of aliphatic hydroxyl groups excluding tert-OH is 1. The zero-order valence-electron chi connectivity index (χ0n) is 9.96. The minimum atomic E-state index is -0.932. The first-order valence-corrected chi connectivity index (χ1v) is 5.81. The van der Waals surface area contributed by atoms with Gasteiger partial charge in [0.25, 0.3) is 0 Å². The molecule has 2 rings (SSSR count). The Hall–Kier alpha value is -1.88. The summed E-state index contributed by atoms with van der Waals surface area (Å²) in [5.41, 5.74) is 1.16. The molecule has 5 heteroatoms. The van der Waals surface area contributed by atoms with Crippen molar-refractivity contribution in [3.8, 4) is 0 Å². The van der Waals surface area contributed by atoms with Crippen molar-refractivity contribution in [2.75, 3.05) is 5.32 Å². The van der Waals surface area contributed by atoms with Gasteiger partial charge >= 0.3 is 5.97 Å². The first-order chi connectivity index (χ1) is 8.50. The molecule has 3 unspecified atom stereocenters. The van der Waals surface area contributed by atoms with Crippen LogP contribution in [0, 0.1) is 11.8 Å². The van der Waals surface area contributed by atoms with Crippen LogP contribution in [0.5, 0.6) is 0 Å². The van der Waals surface area contributed by atoms with Crippen molar-refractivity contribution in [2.24, 2.45) is 11.8 Å². The summed E-state index contributed by atoms with van der Waals surface area (Å²) in [6, 6.07) is 6.94. The molecule has 0 radical (unpaired) electrons. The fourth-order valence-corrected chi connectivity index (χ4v) is 1.96. The summed E-state index contributed by atoms with van der Waals surface area (Å²) in [5, 5.41) is 21.0. The minimum Gasteiger partial charge on any atom is -0.481 e. The monoisotopic (exact) mass is 249 g/mol. The van der Waals surface area contributed by atoms with E-state index in [0.717, 1.165) is 0 Å². The highest BCUT2D eigenvalue weighted by atomic mass is 16.4. The third-order valence-electron chi connectivity index (χ3n) is 3.11. The molecule has 3 atom stereocenters. The molecule has 1 aliphatic rings. The third kappa shape index (κ3) is 2.51. The van der Waals surface area contributed by atoms with Crippen LogP contribution in [0.2, 0.25) is 0 Å². The van der Waals surface area contributed by atoms with Crippen LogP contribution < -0.4 is 5.32 Å². The van der Waals surface area contributed by atoms with E-state index in [-0.39, 0.29) is 5.91 Å².